The molecule has 1 aromatic carbocycles. The van der Waals surface area contributed by atoms with E-state index in [1.807, 2.05) is 0 Å². The van der Waals surface area contributed by atoms with Crippen LogP contribution in [0.4, 0.5) is 23.7 Å². The third kappa shape index (κ3) is 6.16. The summed E-state index contributed by atoms with van der Waals surface area (Å²) in [5, 5.41) is 9.43. The number of alkyl halides is 3. The molecule has 1 aromatic rings. The van der Waals surface area contributed by atoms with Gasteiger partial charge >= 0.3 is 12.3 Å². The van der Waals surface area contributed by atoms with Crippen molar-refractivity contribution in [2.75, 3.05) is 38.3 Å². The van der Waals surface area contributed by atoms with Gasteiger partial charge in [-0.1, -0.05) is 0 Å². The lowest BCUT2D eigenvalue weighted by Gasteiger charge is -2.42. The number of unbranched alkanes of at least 4 members (excludes halogenated alkanes) is 1. The lowest BCUT2D eigenvalue weighted by atomic mass is 9.96. The topological polar surface area (TPSA) is 99.6 Å². The minimum atomic E-state index is -4.87. The van der Waals surface area contributed by atoms with E-state index in [2.05, 4.69) is 0 Å². The average Bonchev–Trinajstić information content (AvgIpc) is 2.82. The van der Waals surface area contributed by atoms with Gasteiger partial charge in [-0.3, -0.25) is 9.59 Å². The molecule has 38 heavy (non-hydrogen) atoms. The second-order valence-corrected chi connectivity index (χ2v) is 10.5. The fraction of sp³-hybridized carbons (Fsp3) is 0.654. The SMILES string of the molecule is COCCCCN1C(=O)C(C)(C)Oc2cc(C(F)(F)F)c(C(=O)N(C(C)C)[C@H]3CCCN(C(=O)O)C3)cc21. The van der Waals surface area contributed by atoms with E-state index in [1.165, 1.54) is 28.5 Å². The van der Waals surface area contributed by atoms with Gasteiger partial charge < -0.3 is 29.3 Å². The first-order valence-corrected chi connectivity index (χ1v) is 12.7. The zero-order valence-corrected chi connectivity index (χ0v) is 22.4. The summed E-state index contributed by atoms with van der Waals surface area (Å²) in [6.45, 7) is 7.32. The molecule has 12 heteroatoms. The highest BCUT2D eigenvalue weighted by Gasteiger charge is 2.45. The Morgan fingerprint density at radius 2 is 1.95 bits per heavy atom. The molecule has 2 aliphatic rings. The first kappa shape index (κ1) is 29.5. The highest BCUT2D eigenvalue weighted by atomic mass is 19.4. The van der Waals surface area contributed by atoms with Crippen molar-refractivity contribution in [3.8, 4) is 5.75 Å². The number of carboxylic acid groups (broad SMARTS) is 1. The number of rotatable bonds is 8. The number of hydrogen-bond donors (Lipinski definition) is 1. The summed E-state index contributed by atoms with van der Waals surface area (Å²) in [4.78, 5) is 42.5. The number of benzene rings is 1. The van der Waals surface area contributed by atoms with Crippen LogP contribution in [-0.4, -0.2) is 83.8 Å². The Hall–Kier alpha value is -3.02. The molecule has 3 rings (SSSR count). The lowest BCUT2D eigenvalue weighted by Crippen LogP contribution is -2.54. The smallest absolute Gasteiger partial charge is 0.417 e. The first-order valence-electron chi connectivity index (χ1n) is 12.7. The standard InChI is InChI=1S/C26H36F3N3O6/c1-16(2)32(17-9-8-10-30(15-17)24(35)36)22(33)18-13-20-21(14-19(18)26(27,28)29)38-25(3,4)23(34)31(20)11-6-7-12-37-5/h13-14,16-17H,6-12,15H2,1-5H3,(H,35,36)/t17-/m0/s1. The first-order chi connectivity index (χ1) is 17.7. The van der Waals surface area contributed by atoms with Gasteiger partial charge in [0, 0.05) is 39.4 Å². The largest absolute Gasteiger partial charge is 0.476 e. The van der Waals surface area contributed by atoms with Crippen molar-refractivity contribution < 1.29 is 42.1 Å². The van der Waals surface area contributed by atoms with Gasteiger partial charge in [0.25, 0.3) is 11.8 Å². The van der Waals surface area contributed by atoms with Crippen molar-refractivity contribution in [2.24, 2.45) is 0 Å². The van der Waals surface area contributed by atoms with Crippen molar-refractivity contribution >= 4 is 23.6 Å². The lowest BCUT2D eigenvalue weighted by molar-refractivity contribution is -0.138. The van der Waals surface area contributed by atoms with Crippen LogP contribution in [0.5, 0.6) is 5.75 Å². The van der Waals surface area contributed by atoms with Gasteiger partial charge in [-0.25, -0.2) is 4.79 Å². The average molecular weight is 544 g/mol. The molecule has 0 saturated carbocycles. The van der Waals surface area contributed by atoms with Crippen molar-refractivity contribution in [3.05, 3.63) is 23.3 Å². The second kappa shape index (κ2) is 11.4. The number of carbonyl (C=O) groups excluding carboxylic acids is 2. The van der Waals surface area contributed by atoms with Crippen LogP contribution in [0.1, 0.15) is 69.3 Å². The van der Waals surface area contributed by atoms with Crippen LogP contribution in [-0.2, 0) is 15.7 Å². The number of hydrogen-bond acceptors (Lipinski definition) is 5. The molecular formula is C26H36F3N3O6. The monoisotopic (exact) mass is 543 g/mol. The fourth-order valence-corrected chi connectivity index (χ4v) is 5.08. The maximum absolute atomic E-state index is 14.3. The number of piperidine rings is 1. The molecule has 9 nitrogen and oxygen atoms in total. The summed E-state index contributed by atoms with van der Waals surface area (Å²) in [5.74, 6) is -1.43. The molecule has 0 aliphatic carbocycles. The number of methoxy groups -OCH3 is 1. The Balaban J connectivity index is 2.10. The third-order valence-electron chi connectivity index (χ3n) is 6.88. The number of halogens is 3. The van der Waals surface area contributed by atoms with E-state index in [4.69, 9.17) is 9.47 Å². The molecule has 0 spiro atoms. The summed E-state index contributed by atoms with van der Waals surface area (Å²) in [5.41, 5.74) is -3.06. The van der Waals surface area contributed by atoms with Crippen LogP contribution >= 0.6 is 0 Å². The van der Waals surface area contributed by atoms with E-state index in [0.29, 0.717) is 38.8 Å². The molecule has 0 aromatic heterocycles. The number of fused-ring (bicyclic) bond motifs is 1. The molecule has 1 saturated heterocycles. The molecule has 3 amide bonds. The number of nitrogens with zero attached hydrogens (tertiary/aromatic N) is 3. The van der Waals surface area contributed by atoms with E-state index in [0.717, 1.165) is 12.1 Å². The summed E-state index contributed by atoms with van der Waals surface area (Å²) < 4.78 is 53.7. The number of carbonyl (C=O) groups is 3. The van der Waals surface area contributed by atoms with Gasteiger partial charge in [-0.05, 0) is 65.5 Å². The van der Waals surface area contributed by atoms with Crippen LogP contribution in [0.15, 0.2) is 12.1 Å². The Bertz CT molecular complexity index is 1060. The molecule has 2 heterocycles. The predicted molar refractivity (Wildman–Crippen MR) is 134 cm³/mol. The zero-order chi connectivity index (χ0) is 28.4. The third-order valence-corrected chi connectivity index (χ3v) is 6.88. The number of ether oxygens (including phenoxy) is 2. The Morgan fingerprint density at radius 1 is 1.26 bits per heavy atom. The van der Waals surface area contributed by atoms with E-state index < -0.39 is 52.9 Å². The number of amides is 3. The Labute approximate surface area is 220 Å². The maximum Gasteiger partial charge on any atom is 0.417 e. The molecule has 0 bridgehead atoms. The van der Waals surface area contributed by atoms with Crippen LogP contribution in [0.2, 0.25) is 0 Å². The van der Waals surface area contributed by atoms with Gasteiger partial charge in [0.15, 0.2) is 5.60 Å². The minimum absolute atomic E-state index is 0.00690. The van der Waals surface area contributed by atoms with E-state index in [9.17, 15) is 32.7 Å². The Morgan fingerprint density at radius 3 is 2.53 bits per heavy atom. The molecule has 1 N–H and O–H groups in total. The minimum Gasteiger partial charge on any atom is -0.476 e. The van der Waals surface area contributed by atoms with Crippen LogP contribution < -0.4 is 9.64 Å². The molecular weight excluding hydrogens is 507 g/mol. The highest BCUT2D eigenvalue weighted by molar-refractivity contribution is 6.05. The summed E-state index contributed by atoms with van der Waals surface area (Å²) in [7, 11) is 1.55. The van der Waals surface area contributed by atoms with Crippen molar-refractivity contribution in [1.82, 2.24) is 9.80 Å². The molecule has 1 atom stereocenters. The van der Waals surface area contributed by atoms with E-state index in [-0.39, 0.29) is 24.5 Å². The molecule has 1 fully saturated rings. The van der Waals surface area contributed by atoms with Crippen molar-refractivity contribution in [3.63, 3.8) is 0 Å². The highest BCUT2D eigenvalue weighted by Crippen LogP contribution is 2.44. The molecule has 2 aliphatic heterocycles. The van der Waals surface area contributed by atoms with Gasteiger partial charge in [0.1, 0.15) is 5.75 Å². The molecule has 212 valence electrons. The van der Waals surface area contributed by atoms with E-state index in [1.54, 1.807) is 21.0 Å². The molecule has 0 unspecified atom stereocenters. The fourth-order valence-electron chi connectivity index (χ4n) is 5.08. The van der Waals surface area contributed by atoms with Crippen LogP contribution in [0.25, 0.3) is 0 Å². The molecule has 0 radical (unpaired) electrons. The van der Waals surface area contributed by atoms with Crippen molar-refractivity contribution in [2.45, 2.75) is 77.2 Å². The van der Waals surface area contributed by atoms with E-state index >= 15 is 0 Å². The summed E-state index contributed by atoms with van der Waals surface area (Å²) in [6, 6.07) is 0.797. The Kier molecular flexibility index (Phi) is 8.85. The predicted octanol–water partition coefficient (Wildman–Crippen LogP) is 4.63. The quantitative estimate of drug-likeness (QED) is 0.480. The van der Waals surface area contributed by atoms with Gasteiger partial charge in [-0.2, -0.15) is 13.2 Å². The van der Waals surface area contributed by atoms with Gasteiger partial charge in [0.2, 0.25) is 0 Å². The maximum atomic E-state index is 14.3. The van der Waals surface area contributed by atoms with Crippen LogP contribution in [0.3, 0.4) is 0 Å². The van der Waals surface area contributed by atoms with Gasteiger partial charge in [-0.15, -0.1) is 0 Å². The number of likely N-dealkylation sites (tertiary alicyclic amines) is 1. The second-order valence-electron chi connectivity index (χ2n) is 10.5. The van der Waals surface area contributed by atoms with Crippen molar-refractivity contribution in [1.29, 1.82) is 0 Å². The van der Waals surface area contributed by atoms with Crippen LogP contribution in [0, 0.1) is 0 Å². The number of anilines is 1. The van der Waals surface area contributed by atoms with Gasteiger partial charge in [0.05, 0.1) is 22.9 Å². The summed E-state index contributed by atoms with van der Waals surface area (Å²) in [6.07, 6.45) is -3.91. The zero-order valence-electron chi connectivity index (χ0n) is 22.4. The summed E-state index contributed by atoms with van der Waals surface area (Å²) >= 11 is 0. The normalized spacial score (nSPS) is 19.3.